The maximum Gasteiger partial charge on any atom is 0.416 e. The van der Waals surface area contributed by atoms with Crippen molar-refractivity contribution in [3.63, 3.8) is 0 Å². The minimum atomic E-state index is -4.29. The van der Waals surface area contributed by atoms with Gasteiger partial charge in [-0.3, -0.25) is 0 Å². The minimum Gasteiger partial charge on any atom is -0.404 e. The number of anilines is 2. The van der Waals surface area contributed by atoms with Gasteiger partial charge in [-0.15, -0.1) is 0 Å². The van der Waals surface area contributed by atoms with E-state index >= 15 is 0 Å². The predicted octanol–water partition coefficient (Wildman–Crippen LogP) is 2.94. The van der Waals surface area contributed by atoms with E-state index in [1.165, 1.54) is 12.1 Å². The average molecular weight is 262 g/mol. The monoisotopic (exact) mass is 262 g/mol. The molecule has 3 rings (SSSR count). The second-order valence-corrected chi connectivity index (χ2v) is 4.39. The number of halogens is 3. The second-order valence-electron chi connectivity index (χ2n) is 4.39. The van der Waals surface area contributed by atoms with Crippen LogP contribution < -0.4 is 15.9 Å². The lowest BCUT2D eigenvalue weighted by atomic mass is 9.69. The molecule has 2 aromatic rings. The third kappa shape index (κ3) is 2.25. The van der Waals surface area contributed by atoms with Crippen molar-refractivity contribution in [3.05, 3.63) is 54.1 Å². The number of alkyl halides is 3. The molecule has 0 bridgehead atoms. The van der Waals surface area contributed by atoms with Crippen LogP contribution in [0.3, 0.4) is 0 Å². The Morgan fingerprint density at radius 3 is 1.79 bits per heavy atom. The third-order valence-electron chi connectivity index (χ3n) is 3.10. The molecule has 1 heterocycles. The van der Waals surface area contributed by atoms with Gasteiger partial charge in [-0.05, 0) is 17.6 Å². The molecule has 6 heteroatoms. The summed E-state index contributed by atoms with van der Waals surface area (Å²) < 4.78 is 37.4. The van der Waals surface area contributed by atoms with Gasteiger partial charge < -0.3 is 10.5 Å². The van der Waals surface area contributed by atoms with Gasteiger partial charge in [0.15, 0.2) is 0 Å². The van der Waals surface area contributed by atoms with Crippen LogP contribution in [0.1, 0.15) is 5.56 Å². The minimum absolute atomic E-state index is 0.195. The Bertz CT molecular complexity index is 571. The molecule has 0 atom stereocenters. The highest BCUT2D eigenvalue weighted by Gasteiger charge is 2.31. The average Bonchev–Trinajstić information content (AvgIpc) is 2.81. The van der Waals surface area contributed by atoms with Gasteiger partial charge >= 0.3 is 13.2 Å². The van der Waals surface area contributed by atoms with Crippen molar-refractivity contribution in [2.75, 3.05) is 10.5 Å². The molecule has 0 radical (unpaired) electrons. The van der Waals surface area contributed by atoms with Gasteiger partial charge in [0.05, 0.1) is 5.56 Å². The molecule has 0 spiro atoms. The Hall–Kier alpha value is -2.11. The molecule has 2 N–H and O–H groups in total. The normalized spacial score (nSPS) is 13.7. The van der Waals surface area contributed by atoms with Crippen molar-refractivity contribution in [1.82, 2.24) is 0 Å². The Labute approximate surface area is 108 Å². The Balaban J connectivity index is 1.82. The zero-order valence-corrected chi connectivity index (χ0v) is 9.83. The summed E-state index contributed by atoms with van der Waals surface area (Å²) in [6, 6.07) is 12.8. The van der Waals surface area contributed by atoms with Gasteiger partial charge in [-0.25, -0.2) is 0 Å². The molecular weight excluding hydrogens is 252 g/mol. The van der Waals surface area contributed by atoms with Crippen LogP contribution >= 0.6 is 0 Å². The fraction of sp³-hybridized carbons (Fsp3) is 0.0769. The van der Waals surface area contributed by atoms with Gasteiger partial charge in [-0.1, -0.05) is 36.4 Å². The lowest BCUT2D eigenvalue weighted by Crippen LogP contribution is -2.41. The molecule has 1 aliphatic rings. The predicted molar refractivity (Wildman–Crippen MR) is 70.5 cm³/mol. The van der Waals surface area contributed by atoms with Gasteiger partial charge in [-0.2, -0.15) is 13.2 Å². The van der Waals surface area contributed by atoms with Gasteiger partial charge in [0, 0.05) is 11.4 Å². The molecule has 96 valence electrons. The third-order valence-corrected chi connectivity index (χ3v) is 3.10. The van der Waals surface area contributed by atoms with E-state index in [1.807, 2.05) is 24.3 Å². The molecule has 0 amide bonds. The zero-order valence-electron chi connectivity index (χ0n) is 9.83. The van der Waals surface area contributed by atoms with Crippen LogP contribution in [0.25, 0.3) is 0 Å². The van der Waals surface area contributed by atoms with Crippen molar-refractivity contribution < 1.29 is 13.2 Å². The van der Waals surface area contributed by atoms with Crippen LogP contribution in [0.4, 0.5) is 24.5 Å². The topological polar surface area (TPSA) is 24.1 Å². The maximum atomic E-state index is 12.5. The molecule has 0 saturated heterocycles. The number of fused-ring (bicyclic) bond motifs is 1. The van der Waals surface area contributed by atoms with Crippen LogP contribution in [0.15, 0.2) is 48.5 Å². The summed E-state index contributed by atoms with van der Waals surface area (Å²) in [4.78, 5) is 0. The summed E-state index contributed by atoms with van der Waals surface area (Å²) in [5.74, 6) is 0. The summed E-state index contributed by atoms with van der Waals surface area (Å²) in [5.41, 5.74) is 2.04. The summed E-state index contributed by atoms with van der Waals surface area (Å²) in [7, 11) is 0. The molecule has 2 nitrogen and oxygen atoms in total. The van der Waals surface area contributed by atoms with Crippen LogP contribution in [0.2, 0.25) is 0 Å². The highest BCUT2D eigenvalue weighted by Crippen LogP contribution is 2.29. The zero-order chi connectivity index (χ0) is 13.5. The Kier molecular flexibility index (Phi) is 2.66. The summed E-state index contributed by atoms with van der Waals surface area (Å²) in [6.07, 6.45) is -4.29. The van der Waals surface area contributed by atoms with E-state index in [0.717, 1.165) is 29.0 Å². The number of benzene rings is 2. The summed E-state index contributed by atoms with van der Waals surface area (Å²) >= 11 is 0. The first kappa shape index (κ1) is 12.0. The van der Waals surface area contributed by atoms with E-state index < -0.39 is 11.7 Å². The highest BCUT2D eigenvalue weighted by molar-refractivity contribution is 6.80. The van der Waals surface area contributed by atoms with Crippen molar-refractivity contribution in [1.29, 1.82) is 0 Å². The number of rotatable bonds is 1. The molecule has 0 unspecified atom stereocenters. The molecule has 19 heavy (non-hydrogen) atoms. The molecule has 0 aromatic heterocycles. The van der Waals surface area contributed by atoms with Gasteiger partial charge in [0.25, 0.3) is 0 Å². The summed E-state index contributed by atoms with van der Waals surface area (Å²) in [6.45, 7) is -0.195. The Morgan fingerprint density at radius 1 is 0.789 bits per heavy atom. The molecule has 2 aromatic carbocycles. The van der Waals surface area contributed by atoms with E-state index in [0.29, 0.717) is 0 Å². The quantitative estimate of drug-likeness (QED) is 0.772. The fourth-order valence-electron chi connectivity index (χ4n) is 2.11. The van der Waals surface area contributed by atoms with E-state index in [-0.39, 0.29) is 6.98 Å². The number of hydrogen-bond donors (Lipinski definition) is 2. The van der Waals surface area contributed by atoms with Crippen molar-refractivity contribution >= 4 is 23.8 Å². The standard InChI is InChI=1S/C13H10BF3N2/c15-13(16,17)9-5-7-10(8-6-9)14-18-11-3-1-2-4-12(11)19-14/h1-8,18-19H. The van der Waals surface area contributed by atoms with Gasteiger partial charge in [0.1, 0.15) is 0 Å². The largest absolute Gasteiger partial charge is 0.416 e. The van der Waals surface area contributed by atoms with Crippen LogP contribution in [0, 0.1) is 0 Å². The van der Waals surface area contributed by atoms with Crippen LogP contribution in [0.5, 0.6) is 0 Å². The maximum absolute atomic E-state index is 12.5. The van der Waals surface area contributed by atoms with E-state index in [2.05, 4.69) is 10.5 Å². The molecule has 0 aliphatic carbocycles. The first-order valence-corrected chi connectivity index (χ1v) is 5.83. The molecular formula is C13H10BF3N2. The fourth-order valence-corrected chi connectivity index (χ4v) is 2.11. The lowest BCUT2D eigenvalue weighted by molar-refractivity contribution is -0.137. The smallest absolute Gasteiger partial charge is 0.404 e. The number of nitrogens with one attached hydrogen (secondary N) is 2. The first-order valence-electron chi connectivity index (χ1n) is 5.83. The van der Waals surface area contributed by atoms with Crippen molar-refractivity contribution in [2.45, 2.75) is 6.18 Å². The van der Waals surface area contributed by atoms with E-state index in [1.54, 1.807) is 0 Å². The molecule has 1 aliphatic heterocycles. The first-order chi connectivity index (χ1) is 9.04. The summed E-state index contributed by atoms with van der Waals surface area (Å²) in [5, 5.41) is 6.43. The lowest BCUT2D eigenvalue weighted by Gasteiger charge is -2.10. The van der Waals surface area contributed by atoms with Crippen molar-refractivity contribution in [2.24, 2.45) is 0 Å². The van der Waals surface area contributed by atoms with E-state index in [4.69, 9.17) is 0 Å². The van der Waals surface area contributed by atoms with Crippen LogP contribution in [-0.4, -0.2) is 6.98 Å². The van der Waals surface area contributed by atoms with Crippen LogP contribution in [-0.2, 0) is 6.18 Å². The SMILES string of the molecule is FC(F)(F)c1ccc(B2Nc3ccccc3N2)cc1. The number of para-hydroxylation sites is 2. The van der Waals surface area contributed by atoms with E-state index in [9.17, 15) is 13.2 Å². The second kappa shape index (κ2) is 4.22. The van der Waals surface area contributed by atoms with Crippen molar-refractivity contribution in [3.8, 4) is 0 Å². The molecule has 0 saturated carbocycles. The van der Waals surface area contributed by atoms with Gasteiger partial charge in [0.2, 0.25) is 0 Å². The number of hydrogen-bond acceptors (Lipinski definition) is 2. The Morgan fingerprint density at radius 2 is 1.32 bits per heavy atom. The highest BCUT2D eigenvalue weighted by atomic mass is 19.4. The molecule has 0 fully saturated rings.